The maximum absolute atomic E-state index is 12.7. The van der Waals surface area contributed by atoms with Crippen molar-refractivity contribution < 1.29 is 14.1 Å². The van der Waals surface area contributed by atoms with Gasteiger partial charge < -0.3 is 19.1 Å². The van der Waals surface area contributed by atoms with E-state index in [9.17, 15) is 4.79 Å². The van der Waals surface area contributed by atoms with Crippen LogP contribution in [-0.2, 0) is 0 Å². The number of aromatic nitrogens is 2. The van der Waals surface area contributed by atoms with E-state index in [1.165, 1.54) is 0 Å². The molecule has 0 atom stereocenters. The lowest BCUT2D eigenvalue weighted by Crippen LogP contribution is -2.48. The lowest BCUT2D eigenvalue weighted by molar-refractivity contribution is 0.0744. The number of hydrogen-bond acceptors (Lipinski definition) is 6. The average Bonchev–Trinajstić information content (AvgIpc) is 3.25. The van der Waals surface area contributed by atoms with E-state index < -0.39 is 0 Å². The first-order valence-corrected chi connectivity index (χ1v) is 9.88. The van der Waals surface area contributed by atoms with Crippen molar-refractivity contribution in [3.63, 3.8) is 0 Å². The summed E-state index contributed by atoms with van der Waals surface area (Å²) >= 11 is 5.92. The van der Waals surface area contributed by atoms with E-state index in [0.717, 1.165) is 11.3 Å². The summed E-state index contributed by atoms with van der Waals surface area (Å²) in [5.74, 6) is 1.30. The molecule has 1 amide bonds. The summed E-state index contributed by atoms with van der Waals surface area (Å²) in [5, 5.41) is 4.71. The number of ether oxygens (including phenoxy) is 1. The van der Waals surface area contributed by atoms with Crippen LogP contribution in [0.15, 0.2) is 53.1 Å². The Morgan fingerprint density at radius 3 is 2.41 bits per heavy atom. The number of rotatable bonds is 5. The molecule has 8 heteroatoms. The van der Waals surface area contributed by atoms with Crippen molar-refractivity contribution in [2.75, 3.05) is 37.7 Å². The second kappa shape index (κ2) is 8.53. The number of halogens is 1. The van der Waals surface area contributed by atoms with Crippen LogP contribution < -0.4 is 9.64 Å². The quantitative estimate of drug-likeness (QED) is 0.635. The van der Waals surface area contributed by atoms with Gasteiger partial charge in [-0.25, -0.2) is 0 Å². The number of benzene rings is 2. The number of anilines is 1. The van der Waals surface area contributed by atoms with Crippen molar-refractivity contribution in [1.29, 1.82) is 0 Å². The Bertz CT molecular complexity index is 964. The van der Waals surface area contributed by atoms with Gasteiger partial charge in [0.2, 0.25) is 5.82 Å². The van der Waals surface area contributed by atoms with Crippen molar-refractivity contribution in [3.8, 4) is 17.1 Å². The minimum Gasteiger partial charge on any atom is -0.494 e. The molecule has 0 N–H and O–H groups in total. The Morgan fingerprint density at radius 1 is 1.07 bits per heavy atom. The first-order valence-electron chi connectivity index (χ1n) is 9.51. The highest BCUT2D eigenvalue weighted by molar-refractivity contribution is 6.30. The lowest BCUT2D eigenvalue weighted by Gasteiger charge is -2.33. The number of nitrogens with zero attached hydrogens (tertiary/aromatic N) is 4. The second-order valence-corrected chi connectivity index (χ2v) is 7.08. The zero-order valence-electron chi connectivity index (χ0n) is 16.0. The zero-order valence-corrected chi connectivity index (χ0v) is 16.8. The van der Waals surface area contributed by atoms with Crippen LogP contribution >= 0.6 is 11.6 Å². The topological polar surface area (TPSA) is 71.7 Å². The van der Waals surface area contributed by atoms with Gasteiger partial charge in [0.05, 0.1) is 6.61 Å². The smallest absolute Gasteiger partial charge is 0.324 e. The molecule has 2 heterocycles. The van der Waals surface area contributed by atoms with Gasteiger partial charge in [0, 0.05) is 42.3 Å². The number of carbonyl (C=O) groups is 1. The van der Waals surface area contributed by atoms with Gasteiger partial charge in [0.25, 0.3) is 5.91 Å². The van der Waals surface area contributed by atoms with Crippen LogP contribution in [-0.4, -0.2) is 53.7 Å². The molecule has 3 aromatic rings. The lowest BCUT2D eigenvalue weighted by atomic mass is 10.1. The average molecular weight is 413 g/mol. The Hall–Kier alpha value is -3.06. The molecule has 0 bridgehead atoms. The molecular formula is C21H21ClN4O3. The van der Waals surface area contributed by atoms with Crippen LogP contribution in [0.1, 0.15) is 17.3 Å². The van der Waals surface area contributed by atoms with E-state index in [4.69, 9.17) is 20.9 Å². The molecule has 0 spiro atoms. The van der Waals surface area contributed by atoms with Gasteiger partial charge in [-0.1, -0.05) is 16.8 Å². The highest BCUT2D eigenvalue weighted by Crippen LogP contribution is 2.23. The molecule has 0 unspecified atom stereocenters. The van der Waals surface area contributed by atoms with Gasteiger partial charge in [-0.15, -0.1) is 0 Å². The van der Waals surface area contributed by atoms with Gasteiger partial charge in [-0.2, -0.15) is 4.98 Å². The summed E-state index contributed by atoms with van der Waals surface area (Å²) < 4.78 is 10.8. The SMILES string of the molecule is CCOc1ccc(C(=O)N2CCN(c3nc(-c4ccc(Cl)cc4)no3)CC2)cc1. The van der Waals surface area contributed by atoms with Crippen LogP contribution in [0.2, 0.25) is 5.02 Å². The summed E-state index contributed by atoms with van der Waals surface area (Å²) in [5.41, 5.74) is 1.50. The van der Waals surface area contributed by atoms with Gasteiger partial charge >= 0.3 is 6.01 Å². The molecule has 1 aromatic heterocycles. The van der Waals surface area contributed by atoms with E-state index >= 15 is 0 Å². The number of piperazine rings is 1. The molecule has 0 saturated carbocycles. The van der Waals surface area contributed by atoms with Crippen LogP contribution in [0.3, 0.4) is 0 Å². The Balaban J connectivity index is 1.37. The van der Waals surface area contributed by atoms with Crippen LogP contribution in [0.5, 0.6) is 5.75 Å². The molecule has 1 aliphatic heterocycles. The first-order chi connectivity index (χ1) is 14.1. The van der Waals surface area contributed by atoms with E-state index in [1.807, 2.05) is 41.0 Å². The molecule has 1 aliphatic rings. The van der Waals surface area contributed by atoms with Crippen molar-refractivity contribution >= 4 is 23.5 Å². The van der Waals surface area contributed by atoms with Crippen LogP contribution in [0.4, 0.5) is 6.01 Å². The summed E-state index contributed by atoms with van der Waals surface area (Å²) in [6.45, 7) is 4.97. The standard InChI is InChI=1S/C21H21ClN4O3/c1-2-28-18-9-5-16(6-10-18)20(27)25-11-13-26(14-12-25)21-23-19(24-29-21)15-3-7-17(22)8-4-15/h3-10H,2,11-14H2,1H3. The van der Waals surface area contributed by atoms with E-state index in [-0.39, 0.29) is 5.91 Å². The molecule has 1 saturated heterocycles. The number of hydrogen-bond donors (Lipinski definition) is 0. The van der Waals surface area contributed by atoms with E-state index in [1.54, 1.807) is 24.3 Å². The molecular weight excluding hydrogens is 392 g/mol. The minimum atomic E-state index is 0.0140. The molecule has 4 rings (SSSR count). The highest BCUT2D eigenvalue weighted by atomic mass is 35.5. The highest BCUT2D eigenvalue weighted by Gasteiger charge is 2.25. The van der Waals surface area contributed by atoms with Crippen molar-refractivity contribution in [1.82, 2.24) is 15.0 Å². The Morgan fingerprint density at radius 2 is 1.76 bits per heavy atom. The molecule has 2 aromatic carbocycles. The Labute approximate surface area is 173 Å². The largest absolute Gasteiger partial charge is 0.494 e. The molecule has 1 fully saturated rings. The Kier molecular flexibility index (Phi) is 5.67. The third-order valence-corrected chi connectivity index (χ3v) is 5.02. The summed E-state index contributed by atoms with van der Waals surface area (Å²) in [6.07, 6.45) is 0. The van der Waals surface area contributed by atoms with Gasteiger partial charge in [0.15, 0.2) is 0 Å². The van der Waals surface area contributed by atoms with Crippen molar-refractivity contribution in [2.24, 2.45) is 0 Å². The summed E-state index contributed by atoms with van der Waals surface area (Å²) in [4.78, 5) is 21.0. The fourth-order valence-corrected chi connectivity index (χ4v) is 3.33. The van der Waals surface area contributed by atoms with E-state index in [2.05, 4.69) is 10.1 Å². The van der Waals surface area contributed by atoms with Crippen LogP contribution in [0.25, 0.3) is 11.4 Å². The first kappa shape index (κ1) is 19.3. The maximum Gasteiger partial charge on any atom is 0.324 e. The predicted molar refractivity (Wildman–Crippen MR) is 110 cm³/mol. The third-order valence-electron chi connectivity index (χ3n) is 4.77. The van der Waals surface area contributed by atoms with Crippen LogP contribution in [0, 0.1) is 0 Å². The second-order valence-electron chi connectivity index (χ2n) is 6.64. The van der Waals surface area contributed by atoms with Crippen molar-refractivity contribution in [3.05, 3.63) is 59.1 Å². The third kappa shape index (κ3) is 4.35. The van der Waals surface area contributed by atoms with Crippen molar-refractivity contribution in [2.45, 2.75) is 6.92 Å². The summed E-state index contributed by atoms with van der Waals surface area (Å²) in [7, 11) is 0. The van der Waals surface area contributed by atoms with E-state index in [0.29, 0.717) is 55.2 Å². The normalized spacial score (nSPS) is 14.1. The van der Waals surface area contributed by atoms with Gasteiger partial charge in [0.1, 0.15) is 5.75 Å². The number of amides is 1. The predicted octanol–water partition coefficient (Wildman–Crippen LogP) is 3.75. The molecule has 150 valence electrons. The maximum atomic E-state index is 12.7. The molecule has 29 heavy (non-hydrogen) atoms. The molecule has 0 radical (unpaired) electrons. The molecule has 7 nitrogen and oxygen atoms in total. The van der Waals surface area contributed by atoms with Gasteiger partial charge in [-0.3, -0.25) is 4.79 Å². The zero-order chi connectivity index (χ0) is 20.2. The fourth-order valence-electron chi connectivity index (χ4n) is 3.20. The van der Waals surface area contributed by atoms with Gasteiger partial charge in [-0.05, 0) is 55.5 Å². The summed E-state index contributed by atoms with van der Waals surface area (Å²) in [6, 6.07) is 15.0. The minimum absolute atomic E-state index is 0.0140. The fraction of sp³-hybridized carbons (Fsp3) is 0.286. The number of carbonyl (C=O) groups excluding carboxylic acids is 1. The monoisotopic (exact) mass is 412 g/mol. The molecule has 0 aliphatic carbocycles.